The van der Waals surface area contributed by atoms with E-state index < -0.39 is 44.6 Å². The van der Waals surface area contributed by atoms with Crippen molar-refractivity contribution in [3.8, 4) is 0 Å². The topological polar surface area (TPSA) is 85.4 Å². The van der Waals surface area contributed by atoms with Crippen molar-refractivity contribution in [2.75, 3.05) is 6.54 Å². The fourth-order valence-electron chi connectivity index (χ4n) is 3.00. The Morgan fingerprint density at radius 2 is 1.88 bits per heavy atom. The molecule has 0 aliphatic rings. The van der Waals surface area contributed by atoms with E-state index >= 15 is 0 Å². The Hall–Kier alpha value is -2.62. The van der Waals surface area contributed by atoms with Crippen molar-refractivity contribution >= 4 is 26.8 Å². The summed E-state index contributed by atoms with van der Waals surface area (Å²) in [6.45, 7) is 6.90. The van der Waals surface area contributed by atoms with E-state index in [-0.39, 0.29) is 10.9 Å². The van der Waals surface area contributed by atoms with Crippen molar-refractivity contribution in [1.82, 2.24) is 10.3 Å². The predicted molar refractivity (Wildman–Crippen MR) is 116 cm³/mol. The van der Waals surface area contributed by atoms with E-state index in [4.69, 9.17) is 4.74 Å². The van der Waals surface area contributed by atoms with Gasteiger partial charge < -0.3 is 10.1 Å². The normalized spacial score (nSPS) is 14.3. The number of halogens is 3. The van der Waals surface area contributed by atoms with Crippen LogP contribution in [0.2, 0.25) is 0 Å². The number of hydrogen-bond donors (Lipinski definition) is 1. The first-order chi connectivity index (χ1) is 14.8. The molecule has 0 saturated heterocycles. The number of carbonyl (C=O) groups excluding carboxylic acids is 1. The molecule has 0 aliphatic heterocycles. The molecule has 0 saturated carbocycles. The number of ether oxygens (including phenoxy) is 1. The number of amides is 1. The van der Waals surface area contributed by atoms with Crippen LogP contribution in [0.3, 0.4) is 0 Å². The smallest absolute Gasteiger partial charge is 0.407 e. The molecule has 1 N–H and O–H groups in total. The van der Waals surface area contributed by atoms with Gasteiger partial charge in [0.2, 0.25) is 0 Å². The van der Waals surface area contributed by atoms with Gasteiger partial charge >= 0.3 is 11.3 Å². The van der Waals surface area contributed by atoms with Gasteiger partial charge in [-0.1, -0.05) is 52.3 Å². The minimum absolute atomic E-state index is 0.187. The van der Waals surface area contributed by atoms with Crippen LogP contribution in [0.4, 0.5) is 18.0 Å². The molecule has 1 amide bonds. The molecule has 0 fully saturated rings. The van der Waals surface area contributed by atoms with Crippen LogP contribution in [0.25, 0.3) is 10.9 Å². The van der Waals surface area contributed by atoms with Crippen LogP contribution in [0.1, 0.15) is 40.5 Å². The Balaban J connectivity index is 2.17. The number of hydrogen-bond acceptors (Lipinski definition) is 5. The van der Waals surface area contributed by atoms with Gasteiger partial charge in [0.15, 0.2) is 5.83 Å². The molecule has 0 aliphatic carbocycles. The molecule has 2 aromatic rings. The van der Waals surface area contributed by atoms with Gasteiger partial charge in [0.1, 0.15) is 6.10 Å². The van der Waals surface area contributed by atoms with Crippen molar-refractivity contribution in [2.24, 2.45) is 5.41 Å². The second-order valence-electron chi connectivity index (χ2n) is 8.33. The summed E-state index contributed by atoms with van der Waals surface area (Å²) in [6.07, 6.45) is 1.58. The Morgan fingerprint density at radius 1 is 1.22 bits per heavy atom. The maximum absolute atomic E-state index is 14.6. The average Bonchev–Trinajstić information content (AvgIpc) is 2.72. The fourth-order valence-corrected chi connectivity index (χ4v) is 4.30. The number of aromatic nitrogens is 1. The number of sulfone groups is 1. The summed E-state index contributed by atoms with van der Waals surface area (Å²) >= 11 is 0. The van der Waals surface area contributed by atoms with E-state index in [0.717, 1.165) is 12.5 Å². The van der Waals surface area contributed by atoms with Crippen LogP contribution in [0.5, 0.6) is 0 Å². The summed E-state index contributed by atoms with van der Waals surface area (Å²) < 4.78 is 73.9. The van der Waals surface area contributed by atoms with Crippen molar-refractivity contribution in [1.29, 1.82) is 0 Å². The predicted octanol–water partition coefficient (Wildman–Crippen LogP) is 5.40. The number of carbonyl (C=O) groups is 1. The summed E-state index contributed by atoms with van der Waals surface area (Å²) in [7, 11) is -5.44. The zero-order valence-corrected chi connectivity index (χ0v) is 19.2. The van der Waals surface area contributed by atoms with Gasteiger partial charge in [0.05, 0.1) is 10.4 Å². The third kappa shape index (κ3) is 5.59. The minimum Gasteiger partial charge on any atom is -0.446 e. The highest BCUT2D eigenvalue weighted by atomic mass is 32.2. The average molecular weight is 473 g/mol. The minimum atomic E-state index is -5.44. The first-order valence-corrected chi connectivity index (χ1v) is 11.6. The summed E-state index contributed by atoms with van der Waals surface area (Å²) in [5.41, 5.74) is -0.532. The van der Waals surface area contributed by atoms with E-state index in [9.17, 15) is 26.4 Å². The highest BCUT2D eigenvalue weighted by Gasteiger charge is 2.51. The second kappa shape index (κ2) is 9.89. The Labute approximate surface area is 185 Å². The number of alkyl carbamates (subject to hydrolysis) is 1. The second-order valence-corrected chi connectivity index (χ2v) is 10.3. The third-order valence-electron chi connectivity index (χ3n) is 4.79. The number of rotatable bonds is 8. The number of pyridine rings is 1. The lowest BCUT2D eigenvalue weighted by molar-refractivity contribution is 0.0261. The van der Waals surface area contributed by atoms with Gasteiger partial charge in [-0.3, -0.25) is 4.98 Å². The summed E-state index contributed by atoms with van der Waals surface area (Å²) in [4.78, 5) is 15.0. The molecule has 176 valence electrons. The quantitative estimate of drug-likeness (QED) is 0.556. The van der Waals surface area contributed by atoms with Crippen LogP contribution in [0.15, 0.2) is 53.3 Å². The van der Waals surface area contributed by atoms with Gasteiger partial charge in [-0.15, -0.1) is 0 Å². The molecule has 10 heteroatoms. The number of fused-ring (bicyclic) bond motifs is 1. The standard InChI is InChI=1S/C22H27F3N2O4S/c1-5-8-18(21(2,3)4)31-20(28)27-14-12-17(23)22(24,25)32(29,30)16-11-6-9-15-10-7-13-26-19(15)16/h6-7,9-13,18H,5,8,14H2,1-4H3,(H,27,28)/b17-12-. The zero-order valence-electron chi connectivity index (χ0n) is 18.4. The molecular formula is C22H27F3N2O4S. The molecular weight excluding hydrogens is 445 g/mol. The molecule has 1 aromatic heterocycles. The fraction of sp³-hybridized carbons (Fsp3) is 0.455. The van der Waals surface area contributed by atoms with E-state index in [2.05, 4.69) is 10.3 Å². The van der Waals surface area contributed by atoms with Crippen molar-refractivity contribution in [3.63, 3.8) is 0 Å². The lowest BCUT2D eigenvalue weighted by Crippen LogP contribution is -2.36. The highest BCUT2D eigenvalue weighted by molar-refractivity contribution is 7.92. The molecule has 2 rings (SSSR count). The monoisotopic (exact) mass is 472 g/mol. The maximum Gasteiger partial charge on any atom is 0.407 e. The molecule has 1 atom stereocenters. The SMILES string of the molecule is CCCC(OC(=O)NC/C=C(\F)C(F)(F)S(=O)(=O)c1cccc2cccnc12)C(C)(C)C. The van der Waals surface area contributed by atoms with Crippen LogP contribution in [-0.2, 0) is 14.6 Å². The largest absolute Gasteiger partial charge is 0.446 e. The highest BCUT2D eigenvalue weighted by Crippen LogP contribution is 2.38. The molecule has 6 nitrogen and oxygen atoms in total. The van der Waals surface area contributed by atoms with E-state index in [1.54, 1.807) is 0 Å². The summed E-state index contributed by atoms with van der Waals surface area (Å²) in [5, 5.41) is -2.38. The van der Waals surface area contributed by atoms with E-state index in [1.165, 1.54) is 30.5 Å². The van der Waals surface area contributed by atoms with Gasteiger partial charge in [-0.05, 0) is 30.0 Å². The molecule has 1 heterocycles. The molecule has 0 bridgehead atoms. The Bertz CT molecular complexity index is 1090. The molecule has 32 heavy (non-hydrogen) atoms. The summed E-state index contributed by atoms with van der Waals surface area (Å²) in [6, 6.07) is 6.75. The van der Waals surface area contributed by atoms with Crippen LogP contribution < -0.4 is 5.32 Å². The van der Waals surface area contributed by atoms with Gasteiger partial charge in [-0.25, -0.2) is 17.6 Å². The van der Waals surface area contributed by atoms with Gasteiger partial charge in [-0.2, -0.15) is 8.78 Å². The molecule has 1 aromatic carbocycles. The Kier molecular flexibility index (Phi) is 7.92. The number of nitrogens with zero attached hydrogens (tertiary/aromatic N) is 1. The molecule has 1 unspecified atom stereocenters. The number of benzene rings is 1. The van der Waals surface area contributed by atoms with Crippen molar-refractivity contribution in [3.05, 3.63) is 48.4 Å². The maximum atomic E-state index is 14.6. The van der Waals surface area contributed by atoms with Crippen molar-refractivity contribution in [2.45, 2.75) is 56.8 Å². The van der Waals surface area contributed by atoms with E-state index in [1.807, 2.05) is 27.7 Å². The van der Waals surface area contributed by atoms with Crippen molar-refractivity contribution < 1.29 is 31.1 Å². The number of nitrogens with one attached hydrogen (secondary N) is 1. The number of para-hydroxylation sites is 1. The molecule has 0 spiro atoms. The first kappa shape index (κ1) is 25.6. The lowest BCUT2D eigenvalue weighted by Gasteiger charge is -2.30. The van der Waals surface area contributed by atoms with E-state index in [0.29, 0.717) is 17.9 Å². The van der Waals surface area contributed by atoms with Gasteiger partial charge in [0.25, 0.3) is 9.84 Å². The first-order valence-electron chi connectivity index (χ1n) is 10.1. The Morgan fingerprint density at radius 3 is 2.50 bits per heavy atom. The summed E-state index contributed by atoms with van der Waals surface area (Å²) in [5.74, 6) is -2.20. The zero-order chi connectivity index (χ0) is 24.2. The third-order valence-corrected chi connectivity index (χ3v) is 6.57. The molecule has 0 radical (unpaired) electrons. The lowest BCUT2D eigenvalue weighted by atomic mass is 9.86. The van der Waals surface area contributed by atoms with Crippen LogP contribution in [0, 0.1) is 5.41 Å². The van der Waals surface area contributed by atoms with Crippen LogP contribution >= 0.6 is 0 Å². The van der Waals surface area contributed by atoms with Gasteiger partial charge in [0, 0.05) is 18.1 Å². The van der Waals surface area contributed by atoms with Crippen LogP contribution in [-0.4, -0.2) is 37.4 Å². The number of alkyl halides is 2.